The second kappa shape index (κ2) is 7.63. The lowest BCUT2D eigenvalue weighted by Crippen LogP contribution is -2.59. The third-order valence-corrected chi connectivity index (χ3v) is 6.85. The Morgan fingerprint density at radius 1 is 1.14 bits per heavy atom. The summed E-state index contributed by atoms with van der Waals surface area (Å²) in [5.74, 6) is 0.483. The van der Waals surface area contributed by atoms with Crippen LogP contribution in [0.4, 0.5) is 0 Å². The van der Waals surface area contributed by atoms with Gasteiger partial charge >= 0.3 is 0 Å². The highest BCUT2D eigenvalue weighted by Gasteiger charge is 2.36. The molecule has 5 rings (SSSR count). The van der Waals surface area contributed by atoms with Crippen LogP contribution in [-0.4, -0.2) is 61.6 Å². The van der Waals surface area contributed by atoms with Crippen molar-refractivity contribution < 1.29 is 14.3 Å². The second-order valence-electron chi connectivity index (χ2n) is 8.07. The molecule has 2 atom stereocenters. The molecule has 0 spiro atoms. The number of carbonyl (C=O) groups is 1. The molecule has 2 fully saturated rings. The molecule has 6 heteroatoms. The molecule has 1 aliphatic carbocycles. The molecule has 0 saturated carbocycles. The van der Waals surface area contributed by atoms with E-state index in [-0.39, 0.29) is 18.1 Å². The van der Waals surface area contributed by atoms with Crippen LogP contribution in [-0.2, 0) is 17.6 Å². The SMILES string of the molecule is COc1cccc(C(=O)N2CCN3CC(c4ccc5c(c4)CC5)OCC3C2)c1Cl. The first-order valence-corrected chi connectivity index (χ1v) is 10.6. The fraction of sp³-hybridized carbons (Fsp3) is 0.435. The molecular weight excluding hydrogens is 388 g/mol. The molecule has 152 valence electrons. The number of rotatable bonds is 3. The molecule has 2 saturated heterocycles. The summed E-state index contributed by atoms with van der Waals surface area (Å²) in [5.41, 5.74) is 4.73. The van der Waals surface area contributed by atoms with Crippen LogP contribution in [0.15, 0.2) is 36.4 Å². The van der Waals surface area contributed by atoms with Crippen molar-refractivity contribution in [3.05, 3.63) is 63.7 Å². The average molecular weight is 413 g/mol. The van der Waals surface area contributed by atoms with Crippen LogP contribution in [0.25, 0.3) is 0 Å². The summed E-state index contributed by atoms with van der Waals surface area (Å²) in [4.78, 5) is 17.4. The van der Waals surface area contributed by atoms with Crippen LogP contribution in [0.5, 0.6) is 5.75 Å². The Labute approximate surface area is 176 Å². The largest absolute Gasteiger partial charge is 0.495 e. The number of fused-ring (bicyclic) bond motifs is 2. The Morgan fingerprint density at radius 2 is 2.00 bits per heavy atom. The standard InChI is InChI=1S/C23H25ClN2O3/c1-28-20-4-2-3-19(22(20)24)23(27)26-10-9-25-13-21(29-14-18(25)12-26)17-8-6-15-5-7-16(15)11-17/h2-4,6,8,11,18,21H,5,7,9-10,12-14H2,1H3. The van der Waals surface area contributed by atoms with Crippen LogP contribution in [0, 0.1) is 0 Å². The van der Waals surface area contributed by atoms with Gasteiger partial charge < -0.3 is 14.4 Å². The summed E-state index contributed by atoms with van der Waals surface area (Å²) in [7, 11) is 1.56. The van der Waals surface area contributed by atoms with E-state index in [2.05, 4.69) is 23.1 Å². The maximum atomic E-state index is 13.1. The van der Waals surface area contributed by atoms with Gasteiger partial charge in [0.1, 0.15) is 5.75 Å². The van der Waals surface area contributed by atoms with Crippen molar-refractivity contribution in [1.82, 2.24) is 9.80 Å². The highest BCUT2D eigenvalue weighted by Crippen LogP contribution is 2.32. The van der Waals surface area contributed by atoms with E-state index >= 15 is 0 Å². The van der Waals surface area contributed by atoms with Crippen molar-refractivity contribution in [2.75, 3.05) is 39.9 Å². The summed E-state index contributed by atoms with van der Waals surface area (Å²) in [5, 5.41) is 0.378. The number of morpholine rings is 1. The molecule has 3 aliphatic rings. The first-order chi connectivity index (χ1) is 14.1. The van der Waals surface area contributed by atoms with Crippen LogP contribution < -0.4 is 4.74 Å². The minimum Gasteiger partial charge on any atom is -0.495 e. The Bertz CT molecular complexity index is 948. The highest BCUT2D eigenvalue weighted by molar-refractivity contribution is 6.35. The van der Waals surface area contributed by atoms with E-state index in [0.717, 1.165) is 13.1 Å². The van der Waals surface area contributed by atoms with E-state index in [4.69, 9.17) is 21.1 Å². The summed E-state index contributed by atoms with van der Waals surface area (Å²) in [6.07, 6.45) is 2.51. The van der Waals surface area contributed by atoms with E-state index in [9.17, 15) is 4.79 Å². The zero-order valence-electron chi connectivity index (χ0n) is 16.6. The van der Waals surface area contributed by atoms with Gasteiger partial charge in [0.15, 0.2) is 0 Å². The fourth-order valence-electron chi connectivity index (χ4n) is 4.59. The first-order valence-electron chi connectivity index (χ1n) is 10.2. The Kier molecular flexibility index (Phi) is 4.98. The van der Waals surface area contributed by atoms with Gasteiger partial charge in [-0.05, 0) is 41.7 Å². The smallest absolute Gasteiger partial charge is 0.255 e. The number of piperazine rings is 1. The topological polar surface area (TPSA) is 42.0 Å². The zero-order valence-corrected chi connectivity index (χ0v) is 17.3. The van der Waals surface area contributed by atoms with Crippen molar-refractivity contribution in [3.63, 3.8) is 0 Å². The summed E-state index contributed by atoms with van der Waals surface area (Å²) in [6, 6.07) is 12.3. The predicted octanol–water partition coefficient (Wildman–Crippen LogP) is 3.35. The Hall–Kier alpha value is -2.08. The molecule has 2 aromatic rings. The number of ether oxygens (including phenoxy) is 2. The third-order valence-electron chi connectivity index (χ3n) is 6.46. The fourth-order valence-corrected chi connectivity index (χ4v) is 4.87. The van der Waals surface area contributed by atoms with Crippen molar-refractivity contribution >= 4 is 17.5 Å². The van der Waals surface area contributed by atoms with Crippen molar-refractivity contribution in [2.45, 2.75) is 25.0 Å². The molecule has 2 heterocycles. The van der Waals surface area contributed by atoms with Gasteiger partial charge in [0.05, 0.1) is 36.4 Å². The normalized spacial score (nSPS) is 23.7. The van der Waals surface area contributed by atoms with Crippen LogP contribution >= 0.6 is 11.6 Å². The van der Waals surface area contributed by atoms with Gasteiger partial charge in [-0.2, -0.15) is 0 Å². The second-order valence-corrected chi connectivity index (χ2v) is 8.45. The molecule has 0 radical (unpaired) electrons. The van der Waals surface area contributed by atoms with Gasteiger partial charge in [-0.15, -0.1) is 0 Å². The Balaban J connectivity index is 1.26. The number of amides is 1. The van der Waals surface area contributed by atoms with E-state index in [0.29, 0.717) is 36.0 Å². The number of nitrogens with zero attached hydrogens (tertiary/aromatic N) is 2. The number of carbonyl (C=O) groups excluding carboxylic acids is 1. The summed E-state index contributed by atoms with van der Waals surface area (Å²) >= 11 is 6.37. The quantitative estimate of drug-likeness (QED) is 0.775. The minimum atomic E-state index is -0.0435. The maximum absolute atomic E-state index is 13.1. The maximum Gasteiger partial charge on any atom is 0.255 e. The molecule has 2 unspecified atom stereocenters. The lowest BCUT2D eigenvalue weighted by atomic mass is 9.86. The number of halogens is 1. The first kappa shape index (κ1) is 18.9. The van der Waals surface area contributed by atoms with Crippen molar-refractivity contribution in [2.24, 2.45) is 0 Å². The molecule has 0 aromatic heterocycles. The zero-order chi connectivity index (χ0) is 20.0. The lowest BCUT2D eigenvalue weighted by molar-refractivity contribution is -0.0858. The van der Waals surface area contributed by atoms with Gasteiger partial charge in [-0.1, -0.05) is 35.9 Å². The minimum absolute atomic E-state index is 0.0435. The number of aryl methyl sites for hydroxylation is 2. The van der Waals surface area contributed by atoms with E-state index in [1.165, 1.54) is 29.5 Å². The molecule has 0 N–H and O–H groups in total. The van der Waals surface area contributed by atoms with Gasteiger partial charge in [0.2, 0.25) is 0 Å². The number of methoxy groups -OCH3 is 1. The van der Waals surface area contributed by atoms with E-state index in [1.54, 1.807) is 25.3 Å². The monoisotopic (exact) mass is 412 g/mol. The van der Waals surface area contributed by atoms with Gasteiger partial charge in [0, 0.05) is 26.2 Å². The molecule has 29 heavy (non-hydrogen) atoms. The number of benzene rings is 2. The van der Waals surface area contributed by atoms with Crippen LogP contribution in [0.3, 0.4) is 0 Å². The molecule has 1 amide bonds. The molecule has 2 aliphatic heterocycles. The molecule has 5 nitrogen and oxygen atoms in total. The van der Waals surface area contributed by atoms with Crippen molar-refractivity contribution in [1.29, 1.82) is 0 Å². The van der Waals surface area contributed by atoms with Crippen LogP contribution in [0.2, 0.25) is 5.02 Å². The number of hydrogen-bond donors (Lipinski definition) is 0. The predicted molar refractivity (Wildman–Crippen MR) is 112 cm³/mol. The highest BCUT2D eigenvalue weighted by atomic mass is 35.5. The van der Waals surface area contributed by atoms with E-state index in [1.807, 2.05) is 4.90 Å². The lowest BCUT2D eigenvalue weighted by Gasteiger charge is -2.46. The summed E-state index contributed by atoms with van der Waals surface area (Å²) in [6.45, 7) is 3.72. The van der Waals surface area contributed by atoms with Crippen molar-refractivity contribution in [3.8, 4) is 5.75 Å². The molecule has 0 bridgehead atoms. The van der Waals surface area contributed by atoms with Gasteiger partial charge in [-0.25, -0.2) is 0 Å². The van der Waals surface area contributed by atoms with Gasteiger partial charge in [0.25, 0.3) is 5.91 Å². The van der Waals surface area contributed by atoms with Gasteiger partial charge in [-0.3, -0.25) is 9.69 Å². The number of hydrogen-bond acceptors (Lipinski definition) is 4. The Morgan fingerprint density at radius 3 is 2.76 bits per heavy atom. The summed E-state index contributed by atoms with van der Waals surface area (Å²) < 4.78 is 11.5. The van der Waals surface area contributed by atoms with Crippen LogP contribution in [0.1, 0.15) is 33.2 Å². The van der Waals surface area contributed by atoms with E-state index < -0.39 is 0 Å². The molecular formula is C23H25ClN2O3. The third kappa shape index (κ3) is 3.41. The molecule has 2 aromatic carbocycles. The average Bonchev–Trinajstić information content (AvgIpc) is 2.73.